The molecule has 0 saturated carbocycles. The highest BCUT2D eigenvalue weighted by Crippen LogP contribution is 2.03. The number of hydrogen-bond donors (Lipinski definition) is 1. The topological polar surface area (TPSA) is 62.1 Å². The average Bonchev–Trinajstić information content (AvgIpc) is 2.34. The van der Waals surface area contributed by atoms with E-state index in [9.17, 15) is 4.79 Å². The minimum absolute atomic E-state index is 0.159. The monoisotopic (exact) mass is 218 g/mol. The van der Waals surface area contributed by atoms with Crippen LogP contribution >= 0.6 is 0 Å². The lowest BCUT2D eigenvalue weighted by Crippen LogP contribution is -2.25. The molecule has 0 radical (unpaired) electrons. The van der Waals surface area contributed by atoms with E-state index in [4.69, 9.17) is 10.00 Å². The molecule has 84 valence electrons. The summed E-state index contributed by atoms with van der Waals surface area (Å²) in [4.78, 5) is 11.6. The Morgan fingerprint density at radius 1 is 1.56 bits per heavy atom. The first kappa shape index (κ1) is 12.2. The largest absolute Gasteiger partial charge is 0.385 e. The molecular weight excluding hydrogens is 204 g/mol. The van der Waals surface area contributed by atoms with Crippen molar-refractivity contribution in [3.8, 4) is 6.07 Å². The number of nitriles is 1. The first-order valence-electron chi connectivity index (χ1n) is 5.05. The molecule has 4 nitrogen and oxygen atoms in total. The van der Waals surface area contributed by atoms with E-state index in [-0.39, 0.29) is 5.91 Å². The van der Waals surface area contributed by atoms with Crippen LogP contribution in [-0.4, -0.2) is 26.2 Å². The van der Waals surface area contributed by atoms with E-state index in [1.165, 1.54) is 0 Å². The highest BCUT2D eigenvalue weighted by molar-refractivity contribution is 5.94. The lowest BCUT2D eigenvalue weighted by molar-refractivity contribution is 0.0948. The minimum atomic E-state index is -0.159. The Kier molecular flexibility index (Phi) is 5.03. The molecule has 0 aliphatic heterocycles. The second-order valence-electron chi connectivity index (χ2n) is 3.29. The van der Waals surface area contributed by atoms with Crippen LogP contribution in [0.5, 0.6) is 0 Å². The molecular formula is C12H14N2O2. The molecule has 0 bridgehead atoms. The fourth-order valence-electron chi connectivity index (χ4n) is 1.25. The Hall–Kier alpha value is -1.86. The van der Waals surface area contributed by atoms with Crippen LogP contribution in [0, 0.1) is 11.3 Å². The van der Waals surface area contributed by atoms with Crippen LogP contribution in [0.4, 0.5) is 0 Å². The normalized spacial score (nSPS) is 9.50. The van der Waals surface area contributed by atoms with Gasteiger partial charge in [-0.15, -0.1) is 0 Å². The molecule has 0 fully saturated rings. The van der Waals surface area contributed by atoms with Crippen LogP contribution in [-0.2, 0) is 4.74 Å². The fourth-order valence-corrected chi connectivity index (χ4v) is 1.25. The van der Waals surface area contributed by atoms with Crippen molar-refractivity contribution in [2.24, 2.45) is 0 Å². The van der Waals surface area contributed by atoms with E-state index in [0.29, 0.717) is 24.3 Å². The summed E-state index contributed by atoms with van der Waals surface area (Å²) in [7, 11) is 1.62. The quantitative estimate of drug-likeness (QED) is 0.758. The molecule has 1 aromatic rings. The lowest BCUT2D eigenvalue weighted by Gasteiger charge is -2.04. The van der Waals surface area contributed by atoms with Crippen LogP contribution in [0.1, 0.15) is 22.3 Å². The third-order valence-corrected chi connectivity index (χ3v) is 2.06. The number of ether oxygens (including phenoxy) is 1. The predicted molar refractivity (Wildman–Crippen MR) is 60.0 cm³/mol. The molecule has 0 aliphatic rings. The number of benzene rings is 1. The van der Waals surface area contributed by atoms with Crippen molar-refractivity contribution in [2.75, 3.05) is 20.3 Å². The first-order valence-corrected chi connectivity index (χ1v) is 5.05. The van der Waals surface area contributed by atoms with E-state index in [1.807, 2.05) is 6.07 Å². The number of methoxy groups -OCH3 is 1. The predicted octanol–water partition coefficient (Wildman–Crippen LogP) is 1.32. The Morgan fingerprint density at radius 3 is 3.06 bits per heavy atom. The van der Waals surface area contributed by atoms with Crippen molar-refractivity contribution >= 4 is 5.91 Å². The van der Waals surface area contributed by atoms with E-state index < -0.39 is 0 Å². The van der Waals surface area contributed by atoms with Gasteiger partial charge in [-0.05, 0) is 24.6 Å². The molecule has 1 amide bonds. The summed E-state index contributed by atoms with van der Waals surface area (Å²) in [6.45, 7) is 1.20. The van der Waals surface area contributed by atoms with Crippen molar-refractivity contribution in [3.63, 3.8) is 0 Å². The highest BCUT2D eigenvalue weighted by atomic mass is 16.5. The molecule has 1 rings (SSSR count). The molecule has 0 unspecified atom stereocenters. The van der Waals surface area contributed by atoms with Crippen molar-refractivity contribution in [2.45, 2.75) is 6.42 Å². The van der Waals surface area contributed by atoms with Gasteiger partial charge in [0.15, 0.2) is 0 Å². The van der Waals surface area contributed by atoms with Gasteiger partial charge in [-0.25, -0.2) is 0 Å². The van der Waals surface area contributed by atoms with Crippen molar-refractivity contribution < 1.29 is 9.53 Å². The van der Waals surface area contributed by atoms with Gasteiger partial charge in [0, 0.05) is 25.8 Å². The van der Waals surface area contributed by atoms with Crippen molar-refractivity contribution in [1.82, 2.24) is 5.32 Å². The standard InChI is InChI=1S/C12H14N2O2/c1-16-7-3-6-14-12(15)11-5-2-4-10(8-11)9-13/h2,4-5,8H,3,6-7H2,1H3,(H,14,15). The Morgan fingerprint density at radius 2 is 2.38 bits per heavy atom. The van der Waals surface area contributed by atoms with Gasteiger partial charge in [0.2, 0.25) is 0 Å². The Balaban J connectivity index is 2.50. The molecule has 1 N–H and O–H groups in total. The summed E-state index contributed by atoms with van der Waals surface area (Å²) in [5, 5.41) is 11.4. The zero-order chi connectivity index (χ0) is 11.8. The molecule has 1 aromatic carbocycles. The summed E-state index contributed by atoms with van der Waals surface area (Å²) < 4.78 is 4.87. The van der Waals surface area contributed by atoms with E-state index >= 15 is 0 Å². The molecule has 0 heterocycles. The third-order valence-electron chi connectivity index (χ3n) is 2.06. The lowest BCUT2D eigenvalue weighted by atomic mass is 10.1. The number of carbonyl (C=O) groups excluding carboxylic acids is 1. The third kappa shape index (κ3) is 3.71. The second kappa shape index (κ2) is 6.59. The fraction of sp³-hybridized carbons (Fsp3) is 0.333. The van der Waals surface area contributed by atoms with Crippen LogP contribution < -0.4 is 5.32 Å². The van der Waals surface area contributed by atoms with Gasteiger partial charge in [-0.2, -0.15) is 5.26 Å². The van der Waals surface area contributed by atoms with E-state index in [1.54, 1.807) is 31.4 Å². The van der Waals surface area contributed by atoms with Crippen LogP contribution in [0.25, 0.3) is 0 Å². The SMILES string of the molecule is COCCCNC(=O)c1cccc(C#N)c1. The molecule has 0 spiro atoms. The summed E-state index contributed by atoms with van der Waals surface area (Å²) >= 11 is 0. The van der Waals surface area contributed by atoms with Gasteiger partial charge < -0.3 is 10.1 Å². The molecule has 0 aliphatic carbocycles. The number of rotatable bonds is 5. The van der Waals surface area contributed by atoms with Gasteiger partial charge in [-0.3, -0.25) is 4.79 Å². The number of nitrogens with one attached hydrogen (secondary N) is 1. The van der Waals surface area contributed by atoms with E-state index in [0.717, 1.165) is 6.42 Å². The maximum atomic E-state index is 11.6. The first-order chi connectivity index (χ1) is 7.77. The van der Waals surface area contributed by atoms with Crippen LogP contribution in [0.2, 0.25) is 0 Å². The average molecular weight is 218 g/mol. The summed E-state index contributed by atoms with van der Waals surface area (Å²) in [5.74, 6) is -0.159. The Labute approximate surface area is 94.8 Å². The molecule has 0 atom stereocenters. The zero-order valence-corrected chi connectivity index (χ0v) is 9.19. The molecule has 0 saturated heterocycles. The molecule has 4 heteroatoms. The molecule has 16 heavy (non-hydrogen) atoms. The van der Waals surface area contributed by atoms with E-state index in [2.05, 4.69) is 5.32 Å². The van der Waals surface area contributed by atoms with Gasteiger partial charge in [0.05, 0.1) is 11.6 Å². The zero-order valence-electron chi connectivity index (χ0n) is 9.19. The maximum Gasteiger partial charge on any atom is 0.251 e. The summed E-state index contributed by atoms with van der Waals surface area (Å²) in [5.41, 5.74) is 1.00. The second-order valence-corrected chi connectivity index (χ2v) is 3.29. The highest BCUT2D eigenvalue weighted by Gasteiger charge is 2.04. The maximum absolute atomic E-state index is 11.6. The summed E-state index contributed by atoms with van der Waals surface area (Å²) in [6, 6.07) is 8.63. The number of carbonyl (C=O) groups is 1. The van der Waals surface area contributed by atoms with Gasteiger partial charge in [-0.1, -0.05) is 6.07 Å². The van der Waals surface area contributed by atoms with Gasteiger partial charge in [0.1, 0.15) is 0 Å². The summed E-state index contributed by atoms with van der Waals surface area (Å²) in [6.07, 6.45) is 0.778. The smallest absolute Gasteiger partial charge is 0.251 e. The van der Waals surface area contributed by atoms with Crippen molar-refractivity contribution in [1.29, 1.82) is 5.26 Å². The van der Waals surface area contributed by atoms with Gasteiger partial charge in [0.25, 0.3) is 5.91 Å². The Bertz CT molecular complexity index is 396. The number of hydrogen-bond acceptors (Lipinski definition) is 3. The van der Waals surface area contributed by atoms with Crippen LogP contribution in [0.3, 0.4) is 0 Å². The number of amides is 1. The number of nitrogens with zero attached hydrogens (tertiary/aromatic N) is 1. The van der Waals surface area contributed by atoms with Gasteiger partial charge >= 0.3 is 0 Å². The minimum Gasteiger partial charge on any atom is -0.385 e. The van der Waals surface area contributed by atoms with Crippen LogP contribution in [0.15, 0.2) is 24.3 Å². The van der Waals surface area contributed by atoms with Crippen molar-refractivity contribution in [3.05, 3.63) is 35.4 Å². The molecule has 0 aromatic heterocycles.